The van der Waals surface area contributed by atoms with E-state index in [1.54, 1.807) is 4.90 Å². The van der Waals surface area contributed by atoms with Crippen LogP contribution in [0, 0.1) is 0 Å². The SMILES string of the molecule is O=C(CCCCBr)N1CCC(O)C1. The minimum absolute atomic E-state index is 0.192. The van der Waals surface area contributed by atoms with Gasteiger partial charge in [-0.05, 0) is 19.3 Å². The van der Waals surface area contributed by atoms with Crippen molar-refractivity contribution in [2.24, 2.45) is 0 Å². The fourth-order valence-corrected chi connectivity index (χ4v) is 1.89. The first-order valence-corrected chi connectivity index (χ1v) is 5.88. The van der Waals surface area contributed by atoms with E-state index in [2.05, 4.69) is 15.9 Å². The third kappa shape index (κ3) is 3.65. The van der Waals surface area contributed by atoms with Crippen molar-refractivity contribution in [3.8, 4) is 0 Å². The van der Waals surface area contributed by atoms with Gasteiger partial charge in [-0.2, -0.15) is 0 Å². The second kappa shape index (κ2) is 5.60. The van der Waals surface area contributed by atoms with Crippen molar-refractivity contribution in [3.05, 3.63) is 0 Å². The van der Waals surface area contributed by atoms with Crippen LogP contribution in [-0.4, -0.2) is 40.4 Å². The summed E-state index contributed by atoms with van der Waals surface area (Å²) in [5, 5.41) is 10.2. The zero-order valence-corrected chi connectivity index (χ0v) is 9.29. The molecule has 1 unspecified atom stereocenters. The van der Waals surface area contributed by atoms with Crippen molar-refractivity contribution in [2.75, 3.05) is 18.4 Å². The molecule has 1 rings (SSSR count). The monoisotopic (exact) mass is 249 g/mol. The van der Waals surface area contributed by atoms with Gasteiger partial charge in [0.2, 0.25) is 5.91 Å². The molecular formula is C9H16BrNO2. The van der Waals surface area contributed by atoms with E-state index < -0.39 is 0 Å². The van der Waals surface area contributed by atoms with Gasteiger partial charge in [0.05, 0.1) is 6.10 Å². The Morgan fingerprint density at radius 2 is 2.31 bits per heavy atom. The second-order valence-electron chi connectivity index (χ2n) is 3.43. The van der Waals surface area contributed by atoms with Gasteiger partial charge in [-0.25, -0.2) is 0 Å². The molecule has 1 heterocycles. The van der Waals surface area contributed by atoms with Crippen molar-refractivity contribution in [1.82, 2.24) is 4.90 Å². The van der Waals surface area contributed by atoms with Crippen LogP contribution in [0.1, 0.15) is 25.7 Å². The van der Waals surface area contributed by atoms with E-state index in [-0.39, 0.29) is 12.0 Å². The number of rotatable bonds is 4. The predicted octanol–water partition coefficient (Wildman–Crippen LogP) is 1.14. The molecule has 76 valence electrons. The Kier molecular flexibility index (Phi) is 4.73. The van der Waals surface area contributed by atoms with Crippen LogP contribution < -0.4 is 0 Å². The van der Waals surface area contributed by atoms with E-state index in [1.165, 1.54) is 0 Å². The zero-order valence-electron chi connectivity index (χ0n) is 7.71. The Labute approximate surface area is 87.2 Å². The molecule has 0 aliphatic carbocycles. The van der Waals surface area contributed by atoms with E-state index in [0.717, 1.165) is 31.1 Å². The first-order valence-electron chi connectivity index (χ1n) is 4.76. The van der Waals surface area contributed by atoms with Crippen LogP contribution in [0.2, 0.25) is 0 Å². The standard InChI is InChI=1S/C9H16BrNO2/c10-5-2-1-3-9(13)11-6-4-8(12)7-11/h8,12H,1-7H2. The fourth-order valence-electron chi connectivity index (χ4n) is 1.50. The lowest BCUT2D eigenvalue weighted by Gasteiger charge is -2.14. The molecule has 1 saturated heterocycles. The van der Waals surface area contributed by atoms with Crippen molar-refractivity contribution in [1.29, 1.82) is 0 Å². The van der Waals surface area contributed by atoms with Gasteiger partial charge in [-0.3, -0.25) is 4.79 Å². The Balaban J connectivity index is 2.16. The van der Waals surface area contributed by atoms with Gasteiger partial charge >= 0.3 is 0 Å². The predicted molar refractivity (Wildman–Crippen MR) is 54.8 cm³/mol. The number of hydrogen-bond acceptors (Lipinski definition) is 2. The van der Waals surface area contributed by atoms with Crippen LogP contribution in [-0.2, 0) is 4.79 Å². The Hall–Kier alpha value is -0.0900. The molecule has 0 bridgehead atoms. The lowest BCUT2D eigenvalue weighted by molar-refractivity contribution is -0.130. The first-order chi connectivity index (χ1) is 6.24. The maximum absolute atomic E-state index is 11.5. The molecule has 0 aromatic carbocycles. The molecule has 0 aromatic heterocycles. The summed E-state index contributed by atoms with van der Waals surface area (Å²) in [6, 6.07) is 0. The average molecular weight is 250 g/mol. The highest BCUT2D eigenvalue weighted by atomic mass is 79.9. The van der Waals surface area contributed by atoms with Gasteiger partial charge in [0.15, 0.2) is 0 Å². The van der Waals surface area contributed by atoms with Gasteiger partial charge in [-0.1, -0.05) is 15.9 Å². The van der Waals surface area contributed by atoms with Gasteiger partial charge in [0, 0.05) is 24.8 Å². The van der Waals surface area contributed by atoms with Crippen molar-refractivity contribution in [3.63, 3.8) is 0 Å². The summed E-state index contributed by atoms with van der Waals surface area (Å²) in [4.78, 5) is 13.2. The Morgan fingerprint density at radius 1 is 1.54 bits per heavy atom. The number of β-amino-alcohol motifs (C(OH)–C–C–N with tert-alkyl or cyclic N) is 1. The van der Waals surface area contributed by atoms with Crippen molar-refractivity contribution in [2.45, 2.75) is 31.8 Å². The fraction of sp³-hybridized carbons (Fsp3) is 0.889. The molecule has 4 heteroatoms. The number of nitrogens with zero attached hydrogens (tertiary/aromatic N) is 1. The summed E-state index contributed by atoms with van der Waals surface area (Å²) >= 11 is 3.33. The number of carbonyl (C=O) groups excluding carboxylic acids is 1. The molecule has 1 fully saturated rings. The van der Waals surface area contributed by atoms with Crippen molar-refractivity contribution < 1.29 is 9.90 Å². The van der Waals surface area contributed by atoms with E-state index in [9.17, 15) is 9.90 Å². The highest BCUT2D eigenvalue weighted by Crippen LogP contribution is 2.11. The highest BCUT2D eigenvalue weighted by Gasteiger charge is 2.23. The maximum Gasteiger partial charge on any atom is 0.222 e. The second-order valence-corrected chi connectivity index (χ2v) is 4.22. The summed E-state index contributed by atoms with van der Waals surface area (Å²) in [6.45, 7) is 1.27. The average Bonchev–Trinajstić information content (AvgIpc) is 2.52. The van der Waals surface area contributed by atoms with E-state index in [4.69, 9.17) is 0 Å². The number of likely N-dealkylation sites (tertiary alicyclic amines) is 1. The van der Waals surface area contributed by atoms with E-state index >= 15 is 0 Å². The summed E-state index contributed by atoms with van der Waals surface area (Å²) in [5.74, 6) is 0.192. The first kappa shape index (κ1) is 11.0. The van der Waals surface area contributed by atoms with Crippen LogP contribution in [0.4, 0.5) is 0 Å². The number of halogens is 1. The number of alkyl halides is 1. The topological polar surface area (TPSA) is 40.5 Å². The quantitative estimate of drug-likeness (QED) is 0.600. The molecule has 1 N–H and O–H groups in total. The highest BCUT2D eigenvalue weighted by molar-refractivity contribution is 9.09. The van der Waals surface area contributed by atoms with Crippen LogP contribution >= 0.6 is 15.9 Å². The molecular weight excluding hydrogens is 234 g/mol. The van der Waals surface area contributed by atoms with Gasteiger partial charge in [0.1, 0.15) is 0 Å². The number of unbranched alkanes of at least 4 members (excludes halogenated alkanes) is 1. The summed E-state index contributed by atoms with van der Waals surface area (Å²) in [6.07, 6.45) is 3.06. The number of amides is 1. The number of carbonyl (C=O) groups is 1. The Morgan fingerprint density at radius 3 is 2.85 bits per heavy atom. The lowest BCUT2D eigenvalue weighted by Crippen LogP contribution is -2.29. The zero-order chi connectivity index (χ0) is 9.68. The van der Waals surface area contributed by atoms with Crippen molar-refractivity contribution >= 4 is 21.8 Å². The smallest absolute Gasteiger partial charge is 0.222 e. The minimum atomic E-state index is -0.292. The molecule has 13 heavy (non-hydrogen) atoms. The molecule has 1 aliphatic rings. The lowest BCUT2D eigenvalue weighted by atomic mass is 10.2. The molecule has 1 aliphatic heterocycles. The van der Waals surface area contributed by atoms with E-state index in [0.29, 0.717) is 13.0 Å². The van der Waals surface area contributed by atoms with Gasteiger partial charge in [0.25, 0.3) is 0 Å². The third-order valence-corrected chi connectivity index (χ3v) is 2.85. The summed E-state index contributed by atoms with van der Waals surface area (Å²) in [5.41, 5.74) is 0. The van der Waals surface area contributed by atoms with E-state index in [1.807, 2.05) is 0 Å². The normalized spacial score (nSPS) is 22.3. The largest absolute Gasteiger partial charge is 0.391 e. The molecule has 0 aromatic rings. The van der Waals surface area contributed by atoms with Crippen LogP contribution in [0.15, 0.2) is 0 Å². The van der Waals surface area contributed by atoms with Gasteiger partial charge < -0.3 is 10.0 Å². The minimum Gasteiger partial charge on any atom is -0.391 e. The molecule has 1 atom stereocenters. The maximum atomic E-state index is 11.5. The number of aliphatic hydroxyl groups excluding tert-OH is 1. The van der Waals surface area contributed by atoms with Crippen LogP contribution in [0.5, 0.6) is 0 Å². The third-order valence-electron chi connectivity index (χ3n) is 2.29. The summed E-state index contributed by atoms with van der Waals surface area (Å²) in [7, 11) is 0. The molecule has 0 saturated carbocycles. The molecule has 1 amide bonds. The van der Waals surface area contributed by atoms with Gasteiger partial charge in [-0.15, -0.1) is 0 Å². The molecule has 0 radical (unpaired) electrons. The molecule has 3 nitrogen and oxygen atoms in total. The molecule has 0 spiro atoms. The van der Waals surface area contributed by atoms with Crippen LogP contribution in [0.25, 0.3) is 0 Å². The summed E-state index contributed by atoms with van der Waals surface area (Å²) < 4.78 is 0. The number of aliphatic hydroxyl groups is 1. The Bertz CT molecular complexity index is 175. The van der Waals surface area contributed by atoms with Crippen LogP contribution in [0.3, 0.4) is 0 Å². The number of hydrogen-bond donors (Lipinski definition) is 1.